The van der Waals surface area contributed by atoms with Gasteiger partial charge in [0.15, 0.2) is 0 Å². The van der Waals surface area contributed by atoms with Gasteiger partial charge in [-0.2, -0.15) is 0 Å². The van der Waals surface area contributed by atoms with Crippen LogP contribution in [-0.4, -0.2) is 20.6 Å². The molecule has 0 saturated heterocycles. The summed E-state index contributed by atoms with van der Waals surface area (Å²) in [6, 6.07) is 11.2. The van der Waals surface area contributed by atoms with Crippen LogP contribution in [0.4, 0.5) is 0 Å². The predicted octanol–water partition coefficient (Wildman–Crippen LogP) is 3.03. The van der Waals surface area contributed by atoms with E-state index in [2.05, 4.69) is 11.1 Å². The highest BCUT2D eigenvalue weighted by atomic mass is 16.4. The minimum absolute atomic E-state index is 0.235. The Morgan fingerprint density at radius 3 is 2.84 bits per heavy atom. The van der Waals surface area contributed by atoms with Gasteiger partial charge in [0.2, 0.25) is 0 Å². The van der Waals surface area contributed by atoms with E-state index in [1.165, 1.54) is 17.8 Å². The van der Waals surface area contributed by atoms with Gasteiger partial charge in [0.1, 0.15) is 5.82 Å². The zero-order valence-corrected chi connectivity index (χ0v) is 10.4. The van der Waals surface area contributed by atoms with Gasteiger partial charge in [-0.1, -0.05) is 11.6 Å². The smallest absolute Gasteiger partial charge is 0.335 e. The Hall–Kier alpha value is -2.62. The Morgan fingerprint density at radius 1 is 1.21 bits per heavy atom. The van der Waals surface area contributed by atoms with Crippen LogP contribution < -0.4 is 0 Å². The molecule has 0 aliphatic rings. The number of carboxylic acids is 1. The van der Waals surface area contributed by atoms with Crippen LogP contribution in [0.5, 0.6) is 0 Å². The molecule has 2 heterocycles. The average Bonchev–Trinajstić information content (AvgIpc) is 2.81. The summed E-state index contributed by atoms with van der Waals surface area (Å²) in [5.41, 5.74) is 2.44. The second-order valence-electron chi connectivity index (χ2n) is 4.46. The molecule has 0 fully saturated rings. The van der Waals surface area contributed by atoms with Crippen molar-refractivity contribution in [2.75, 3.05) is 0 Å². The molecular formula is C15H12N2O2. The van der Waals surface area contributed by atoms with Crippen molar-refractivity contribution in [2.45, 2.75) is 6.92 Å². The fraction of sp³-hybridized carbons (Fsp3) is 0.0667. The molecule has 0 radical (unpaired) electrons. The molecule has 0 spiro atoms. The molecule has 2 aromatic heterocycles. The monoisotopic (exact) mass is 252 g/mol. The van der Waals surface area contributed by atoms with Crippen LogP contribution in [0, 0.1) is 6.92 Å². The van der Waals surface area contributed by atoms with Crippen LogP contribution in [0.3, 0.4) is 0 Å². The zero-order valence-electron chi connectivity index (χ0n) is 10.4. The van der Waals surface area contributed by atoms with E-state index in [-0.39, 0.29) is 5.56 Å². The molecular weight excluding hydrogens is 240 g/mol. The maximum Gasteiger partial charge on any atom is 0.335 e. The van der Waals surface area contributed by atoms with Gasteiger partial charge in [0, 0.05) is 17.8 Å². The number of carbonyl (C=O) groups is 1. The number of pyridine rings is 1. The van der Waals surface area contributed by atoms with Gasteiger partial charge in [-0.05, 0) is 37.3 Å². The molecule has 1 aromatic carbocycles. The molecule has 4 nitrogen and oxygen atoms in total. The molecule has 19 heavy (non-hydrogen) atoms. The zero-order chi connectivity index (χ0) is 13.4. The van der Waals surface area contributed by atoms with Crippen LogP contribution in [0.15, 0.2) is 48.8 Å². The number of aryl methyl sites for hydroxylation is 1. The largest absolute Gasteiger partial charge is 0.478 e. The first-order valence-electron chi connectivity index (χ1n) is 5.92. The predicted molar refractivity (Wildman–Crippen MR) is 72.8 cm³/mol. The van der Waals surface area contributed by atoms with E-state index in [4.69, 9.17) is 5.11 Å². The lowest BCUT2D eigenvalue weighted by Gasteiger charge is -2.05. The number of nitrogens with zero attached hydrogens (tertiary/aromatic N) is 2. The van der Waals surface area contributed by atoms with Gasteiger partial charge in [-0.3, -0.25) is 0 Å². The fourth-order valence-corrected chi connectivity index (χ4v) is 2.14. The summed E-state index contributed by atoms with van der Waals surface area (Å²) in [5.74, 6) is -0.338. The van der Waals surface area contributed by atoms with Gasteiger partial charge in [-0.15, -0.1) is 0 Å². The number of carboxylic acid groups (broad SMARTS) is 1. The van der Waals surface area contributed by atoms with Crippen molar-refractivity contribution in [3.63, 3.8) is 0 Å². The third-order valence-electron chi connectivity index (χ3n) is 3.09. The number of hydrogen-bond acceptors (Lipinski definition) is 2. The molecule has 0 atom stereocenters. The van der Waals surface area contributed by atoms with Gasteiger partial charge < -0.3 is 9.67 Å². The van der Waals surface area contributed by atoms with E-state index in [0.717, 1.165) is 10.9 Å². The van der Waals surface area contributed by atoms with Gasteiger partial charge in [-0.25, -0.2) is 9.78 Å². The summed E-state index contributed by atoms with van der Waals surface area (Å²) in [6.45, 7) is 2.04. The first kappa shape index (κ1) is 11.5. The summed E-state index contributed by atoms with van der Waals surface area (Å²) in [5, 5.41) is 10.1. The number of benzene rings is 1. The van der Waals surface area contributed by atoms with Gasteiger partial charge in [0.05, 0.1) is 11.1 Å². The van der Waals surface area contributed by atoms with Crippen LogP contribution in [0.1, 0.15) is 15.9 Å². The van der Waals surface area contributed by atoms with Crippen molar-refractivity contribution in [1.82, 2.24) is 9.55 Å². The number of hydrogen-bond donors (Lipinski definition) is 1. The van der Waals surface area contributed by atoms with Crippen LogP contribution in [0.25, 0.3) is 16.7 Å². The molecule has 0 amide bonds. The van der Waals surface area contributed by atoms with E-state index < -0.39 is 5.97 Å². The molecule has 3 rings (SSSR count). The number of aromatic nitrogens is 2. The van der Waals surface area contributed by atoms with E-state index >= 15 is 0 Å². The van der Waals surface area contributed by atoms with Crippen molar-refractivity contribution in [1.29, 1.82) is 0 Å². The maximum atomic E-state index is 11.0. The van der Waals surface area contributed by atoms with E-state index in [1.807, 2.05) is 35.9 Å². The molecule has 0 aliphatic heterocycles. The second-order valence-corrected chi connectivity index (χ2v) is 4.46. The molecule has 0 unspecified atom stereocenters. The van der Waals surface area contributed by atoms with E-state index in [9.17, 15) is 4.79 Å². The molecule has 0 saturated carbocycles. The number of aromatic carboxylic acids is 1. The van der Waals surface area contributed by atoms with Crippen molar-refractivity contribution >= 4 is 16.9 Å². The second kappa shape index (κ2) is 4.24. The summed E-state index contributed by atoms with van der Waals surface area (Å²) in [7, 11) is 0. The Morgan fingerprint density at radius 2 is 2.05 bits per heavy atom. The summed E-state index contributed by atoms with van der Waals surface area (Å²) in [6.07, 6.45) is 3.41. The molecule has 0 bridgehead atoms. The Balaban J connectivity index is 2.19. The van der Waals surface area contributed by atoms with E-state index in [1.54, 1.807) is 6.07 Å². The van der Waals surface area contributed by atoms with Gasteiger partial charge in [0.25, 0.3) is 0 Å². The first-order valence-corrected chi connectivity index (χ1v) is 5.92. The van der Waals surface area contributed by atoms with Crippen LogP contribution in [0.2, 0.25) is 0 Å². The average molecular weight is 252 g/mol. The van der Waals surface area contributed by atoms with Crippen molar-refractivity contribution in [3.05, 3.63) is 59.9 Å². The standard InChI is InChI=1S/C15H12N2O2/c1-10-2-3-13-11(8-10)5-7-17(13)14-9-12(15(18)19)4-6-16-14/h2-9H,1H3,(H,18,19). The molecule has 1 N–H and O–H groups in total. The lowest BCUT2D eigenvalue weighted by Crippen LogP contribution is -2.01. The normalized spacial score (nSPS) is 10.8. The third-order valence-corrected chi connectivity index (χ3v) is 3.09. The van der Waals surface area contributed by atoms with Crippen molar-refractivity contribution in [3.8, 4) is 5.82 Å². The van der Waals surface area contributed by atoms with Crippen LogP contribution >= 0.6 is 0 Å². The quantitative estimate of drug-likeness (QED) is 0.762. The molecule has 4 heteroatoms. The number of fused-ring (bicyclic) bond motifs is 1. The first-order chi connectivity index (χ1) is 9.15. The maximum absolute atomic E-state index is 11.0. The lowest BCUT2D eigenvalue weighted by molar-refractivity contribution is 0.0696. The molecule has 94 valence electrons. The highest BCUT2D eigenvalue weighted by molar-refractivity contribution is 5.88. The lowest BCUT2D eigenvalue weighted by atomic mass is 10.2. The van der Waals surface area contributed by atoms with Crippen LogP contribution in [-0.2, 0) is 0 Å². The minimum atomic E-state index is -0.948. The highest BCUT2D eigenvalue weighted by Gasteiger charge is 2.08. The summed E-state index contributed by atoms with van der Waals surface area (Å²) in [4.78, 5) is 15.2. The molecule has 0 aliphatic carbocycles. The minimum Gasteiger partial charge on any atom is -0.478 e. The highest BCUT2D eigenvalue weighted by Crippen LogP contribution is 2.21. The van der Waals surface area contributed by atoms with E-state index in [0.29, 0.717) is 5.82 Å². The third kappa shape index (κ3) is 1.97. The SMILES string of the molecule is Cc1ccc2c(ccn2-c2cc(C(=O)O)ccn2)c1. The summed E-state index contributed by atoms with van der Waals surface area (Å²) >= 11 is 0. The van der Waals surface area contributed by atoms with Crippen molar-refractivity contribution in [2.24, 2.45) is 0 Å². The van der Waals surface area contributed by atoms with Gasteiger partial charge >= 0.3 is 5.97 Å². The Labute approximate surface area is 109 Å². The molecule has 3 aromatic rings. The summed E-state index contributed by atoms with van der Waals surface area (Å²) < 4.78 is 1.89. The topological polar surface area (TPSA) is 55.1 Å². The Kier molecular flexibility index (Phi) is 2.56. The fourth-order valence-electron chi connectivity index (χ4n) is 2.14. The number of rotatable bonds is 2. The Bertz CT molecular complexity index is 775. The van der Waals surface area contributed by atoms with Crippen molar-refractivity contribution < 1.29 is 9.90 Å².